The van der Waals surface area contributed by atoms with Gasteiger partial charge < -0.3 is 9.47 Å². The van der Waals surface area contributed by atoms with Crippen LogP contribution < -0.4 is 14.5 Å². The average molecular weight is 424 g/mol. The molecule has 2 bridgehead atoms. The van der Waals surface area contributed by atoms with Gasteiger partial charge in [0.25, 0.3) is 5.91 Å². The molecule has 0 radical (unpaired) electrons. The molecule has 0 aliphatic carbocycles. The topological polar surface area (TPSA) is 76.1 Å². The van der Waals surface area contributed by atoms with Crippen molar-refractivity contribution in [2.45, 2.75) is 11.8 Å². The van der Waals surface area contributed by atoms with Crippen molar-refractivity contribution < 1.29 is 23.9 Å². The summed E-state index contributed by atoms with van der Waals surface area (Å²) < 4.78 is 12.5. The first kappa shape index (κ1) is 17.7. The Bertz CT molecular complexity index is 1340. The van der Waals surface area contributed by atoms with Gasteiger partial charge in [0, 0.05) is 5.56 Å². The molecule has 4 heterocycles. The number of carbonyl (C=O) groups is 3. The summed E-state index contributed by atoms with van der Waals surface area (Å²) in [5.41, 5.74) is 0.125. The van der Waals surface area contributed by atoms with Crippen LogP contribution in [0, 0.1) is 11.8 Å². The standard InChI is InChI=1S/C25H16N2O5/c28-22-19-20(23(29)26(22)14-8-2-1-3-9-14)25-15-10-4-6-12-17(15)31-18-13-7-5-11-16(18)27(25)24(30)21(19)32-25/h1-13,19-21H/t19-,20-,21-,25+/m1/s1. The van der Waals surface area contributed by atoms with Crippen molar-refractivity contribution in [3.63, 3.8) is 0 Å². The average Bonchev–Trinajstić information content (AvgIpc) is 3.37. The monoisotopic (exact) mass is 424 g/mol. The number of benzene rings is 3. The fourth-order valence-electron chi connectivity index (χ4n) is 5.61. The summed E-state index contributed by atoms with van der Waals surface area (Å²) in [4.78, 5) is 43.6. The Morgan fingerprint density at radius 1 is 0.719 bits per heavy atom. The van der Waals surface area contributed by atoms with Gasteiger partial charge in [0.05, 0.1) is 17.3 Å². The van der Waals surface area contributed by atoms with Gasteiger partial charge in [-0.05, 0) is 30.3 Å². The number of anilines is 2. The van der Waals surface area contributed by atoms with Crippen LogP contribution in [0.2, 0.25) is 0 Å². The molecule has 1 spiro atoms. The number of ether oxygens (including phenoxy) is 2. The summed E-state index contributed by atoms with van der Waals surface area (Å²) in [5, 5.41) is 0. The number of carbonyl (C=O) groups excluding carboxylic acids is 3. The largest absolute Gasteiger partial charge is 0.455 e. The quantitative estimate of drug-likeness (QED) is 0.561. The van der Waals surface area contributed by atoms with Crippen LogP contribution in [0.15, 0.2) is 78.9 Å². The smallest absolute Gasteiger partial charge is 0.259 e. The Morgan fingerprint density at radius 2 is 1.41 bits per heavy atom. The molecule has 7 nitrogen and oxygen atoms in total. The van der Waals surface area contributed by atoms with Gasteiger partial charge in [-0.2, -0.15) is 0 Å². The summed E-state index contributed by atoms with van der Waals surface area (Å²) in [6.07, 6.45) is -1.04. The van der Waals surface area contributed by atoms with E-state index in [4.69, 9.17) is 9.47 Å². The molecule has 4 atom stereocenters. The van der Waals surface area contributed by atoms with Gasteiger partial charge in [0.2, 0.25) is 11.8 Å². The molecule has 3 fully saturated rings. The fraction of sp³-hybridized carbons (Fsp3) is 0.160. The number of hydrogen-bond acceptors (Lipinski definition) is 5. The Morgan fingerprint density at radius 3 is 2.22 bits per heavy atom. The molecule has 7 rings (SSSR count). The van der Waals surface area contributed by atoms with E-state index in [1.165, 1.54) is 9.80 Å². The minimum Gasteiger partial charge on any atom is -0.455 e. The van der Waals surface area contributed by atoms with Gasteiger partial charge in [-0.15, -0.1) is 0 Å². The Hall–Kier alpha value is -3.97. The number of fused-ring (bicyclic) bond motifs is 6. The first-order valence-corrected chi connectivity index (χ1v) is 10.4. The van der Waals surface area contributed by atoms with Crippen molar-refractivity contribution in [2.24, 2.45) is 11.8 Å². The minimum absolute atomic E-state index is 0.338. The number of nitrogens with zero attached hydrogens (tertiary/aromatic N) is 2. The Labute approximate surface area is 182 Å². The van der Waals surface area contributed by atoms with E-state index in [-0.39, 0.29) is 11.8 Å². The normalized spacial score (nSPS) is 29.2. The van der Waals surface area contributed by atoms with Crippen LogP contribution in [0.1, 0.15) is 5.56 Å². The molecule has 4 aliphatic rings. The molecular formula is C25H16N2O5. The van der Waals surface area contributed by atoms with E-state index in [9.17, 15) is 14.4 Å². The van der Waals surface area contributed by atoms with Gasteiger partial charge in [0.1, 0.15) is 11.7 Å². The predicted molar refractivity (Wildman–Crippen MR) is 113 cm³/mol. The number of para-hydroxylation sites is 4. The minimum atomic E-state index is -1.45. The first-order valence-electron chi connectivity index (χ1n) is 10.4. The molecule has 0 saturated carbocycles. The number of rotatable bonds is 1. The van der Waals surface area contributed by atoms with E-state index in [0.717, 1.165) is 0 Å². The lowest BCUT2D eigenvalue weighted by molar-refractivity contribution is -0.131. The van der Waals surface area contributed by atoms with E-state index in [2.05, 4.69) is 0 Å². The Balaban J connectivity index is 1.50. The summed E-state index contributed by atoms with van der Waals surface area (Å²) in [5.74, 6) is -1.89. The second kappa shape index (κ2) is 5.83. The highest BCUT2D eigenvalue weighted by atomic mass is 16.6. The predicted octanol–water partition coefficient (Wildman–Crippen LogP) is 3.20. The molecule has 0 aromatic heterocycles. The van der Waals surface area contributed by atoms with Crippen molar-refractivity contribution in [3.05, 3.63) is 84.4 Å². The van der Waals surface area contributed by atoms with E-state index in [0.29, 0.717) is 28.4 Å². The summed E-state index contributed by atoms with van der Waals surface area (Å²) in [6, 6.07) is 23.2. The third-order valence-corrected chi connectivity index (χ3v) is 6.81. The van der Waals surface area contributed by atoms with Crippen LogP contribution in [0.25, 0.3) is 0 Å². The summed E-state index contributed by atoms with van der Waals surface area (Å²) >= 11 is 0. The first-order chi connectivity index (χ1) is 15.6. The highest BCUT2D eigenvalue weighted by Gasteiger charge is 2.77. The van der Waals surface area contributed by atoms with Gasteiger partial charge >= 0.3 is 0 Å². The number of imide groups is 1. The second-order valence-electron chi connectivity index (χ2n) is 8.33. The maximum absolute atomic E-state index is 13.8. The van der Waals surface area contributed by atoms with E-state index in [1.807, 2.05) is 24.3 Å². The second-order valence-corrected chi connectivity index (χ2v) is 8.33. The van der Waals surface area contributed by atoms with Crippen molar-refractivity contribution in [2.75, 3.05) is 9.80 Å². The molecule has 3 amide bonds. The number of amides is 3. The zero-order chi connectivity index (χ0) is 21.6. The van der Waals surface area contributed by atoms with Crippen molar-refractivity contribution in [3.8, 4) is 11.5 Å². The zero-order valence-electron chi connectivity index (χ0n) is 16.7. The van der Waals surface area contributed by atoms with Crippen LogP contribution in [-0.2, 0) is 24.8 Å². The number of hydrogen-bond donors (Lipinski definition) is 0. The molecule has 32 heavy (non-hydrogen) atoms. The van der Waals surface area contributed by atoms with Crippen LogP contribution >= 0.6 is 0 Å². The fourth-order valence-corrected chi connectivity index (χ4v) is 5.61. The Kier molecular flexibility index (Phi) is 3.22. The van der Waals surface area contributed by atoms with Crippen molar-refractivity contribution >= 4 is 29.1 Å². The molecule has 156 valence electrons. The third-order valence-electron chi connectivity index (χ3n) is 6.81. The summed E-state index contributed by atoms with van der Waals surface area (Å²) in [6.45, 7) is 0. The molecule has 0 N–H and O–H groups in total. The lowest BCUT2D eigenvalue weighted by Gasteiger charge is -2.39. The highest BCUT2D eigenvalue weighted by molar-refractivity contribution is 6.26. The maximum atomic E-state index is 13.8. The van der Waals surface area contributed by atoms with Gasteiger partial charge in [-0.25, -0.2) is 4.90 Å². The van der Waals surface area contributed by atoms with E-state index >= 15 is 0 Å². The van der Waals surface area contributed by atoms with Gasteiger partial charge in [-0.3, -0.25) is 19.3 Å². The maximum Gasteiger partial charge on any atom is 0.259 e. The zero-order valence-corrected chi connectivity index (χ0v) is 16.7. The van der Waals surface area contributed by atoms with Gasteiger partial charge in [-0.1, -0.05) is 48.5 Å². The van der Waals surface area contributed by atoms with Crippen LogP contribution in [0.4, 0.5) is 11.4 Å². The van der Waals surface area contributed by atoms with Gasteiger partial charge in [0.15, 0.2) is 17.6 Å². The van der Waals surface area contributed by atoms with E-state index < -0.39 is 29.6 Å². The summed E-state index contributed by atoms with van der Waals surface area (Å²) in [7, 11) is 0. The van der Waals surface area contributed by atoms with Crippen LogP contribution in [0.5, 0.6) is 11.5 Å². The molecule has 3 aromatic carbocycles. The molecule has 4 aliphatic heterocycles. The third kappa shape index (κ3) is 1.88. The number of piperidine rings is 1. The van der Waals surface area contributed by atoms with Crippen LogP contribution in [-0.4, -0.2) is 23.8 Å². The molecule has 3 saturated heterocycles. The molecule has 3 aromatic rings. The highest BCUT2D eigenvalue weighted by Crippen LogP contribution is 2.63. The molecular weight excluding hydrogens is 408 g/mol. The van der Waals surface area contributed by atoms with E-state index in [1.54, 1.807) is 54.6 Å². The molecule has 0 unspecified atom stereocenters. The van der Waals surface area contributed by atoms with Crippen molar-refractivity contribution in [1.82, 2.24) is 0 Å². The van der Waals surface area contributed by atoms with Crippen LogP contribution in [0.3, 0.4) is 0 Å². The lowest BCUT2D eigenvalue weighted by Crippen LogP contribution is -2.55. The SMILES string of the molecule is O=C1[C@H]2[C@H]3O[C@@]4(c5ccccc5Oc5ccccc5N4C3=O)[C@H]2C(=O)N1c1ccccc1. The lowest BCUT2D eigenvalue weighted by atomic mass is 9.77. The van der Waals surface area contributed by atoms with Crippen molar-refractivity contribution in [1.29, 1.82) is 0 Å². The molecule has 7 heteroatoms.